The van der Waals surface area contributed by atoms with Gasteiger partial charge in [-0.3, -0.25) is 0 Å². The van der Waals surface area contributed by atoms with Crippen molar-refractivity contribution >= 4 is 17.9 Å². The molecule has 0 aliphatic heterocycles. The van der Waals surface area contributed by atoms with Crippen LogP contribution in [-0.2, 0) is 0 Å². The summed E-state index contributed by atoms with van der Waals surface area (Å²) in [6.45, 7) is 6.77. The van der Waals surface area contributed by atoms with Gasteiger partial charge >= 0.3 is 0 Å². The van der Waals surface area contributed by atoms with Crippen molar-refractivity contribution in [3.05, 3.63) is 35.1 Å². The second kappa shape index (κ2) is 4.07. The van der Waals surface area contributed by atoms with E-state index in [9.17, 15) is 0 Å². The number of hydrogen-bond donors (Lipinski definition) is 2. The fraction of sp³-hybridized carbons (Fsp3) is 0.222. The number of H-pyrrole nitrogens is 1. The van der Waals surface area contributed by atoms with E-state index in [2.05, 4.69) is 16.9 Å². The van der Waals surface area contributed by atoms with Crippen LogP contribution in [0.4, 0.5) is 0 Å². The minimum atomic E-state index is 0.725. The number of hydrogen-bond acceptors (Lipinski definition) is 2. The Morgan fingerprint density at radius 3 is 3.08 bits per heavy atom. The third kappa shape index (κ3) is 1.95. The van der Waals surface area contributed by atoms with Gasteiger partial charge in [0, 0.05) is 24.0 Å². The van der Waals surface area contributed by atoms with E-state index in [-0.39, 0.29) is 0 Å². The molecule has 12 heavy (non-hydrogen) atoms. The molecule has 1 aromatic heterocycles. The first-order valence-electron chi connectivity index (χ1n) is 3.86. The number of rotatable bonds is 3. The summed E-state index contributed by atoms with van der Waals surface area (Å²) in [7, 11) is 0. The van der Waals surface area contributed by atoms with Crippen LogP contribution in [0.25, 0.3) is 5.70 Å². The van der Waals surface area contributed by atoms with Crippen molar-refractivity contribution in [3.63, 3.8) is 0 Å². The van der Waals surface area contributed by atoms with E-state index in [1.807, 2.05) is 25.3 Å². The Hall–Kier alpha value is -1.09. The van der Waals surface area contributed by atoms with Gasteiger partial charge in [-0.2, -0.15) is 0 Å². The van der Waals surface area contributed by atoms with Crippen LogP contribution in [-0.4, -0.2) is 11.5 Å². The molecule has 0 aromatic carbocycles. The van der Waals surface area contributed by atoms with Gasteiger partial charge in [-0.05, 0) is 19.1 Å². The summed E-state index contributed by atoms with van der Waals surface area (Å²) in [5.74, 6) is 0. The summed E-state index contributed by atoms with van der Waals surface area (Å²) >= 11 is 5.09. The van der Waals surface area contributed by atoms with Gasteiger partial charge in [0.1, 0.15) is 4.64 Å². The van der Waals surface area contributed by atoms with E-state index < -0.39 is 0 Å². The minimum Gasteiger partial charge on any atom is -0.385 e. The van der Waals surface area contributed by atoms with Gasteiger partial charge in [0.15, 0.2) is 0 Å². The van der Waals surface area contributed by atoms with Crippen LogP contribution in [0.1, 0.15) is 12.5 Å². The van der Waals surface area contributed by atoms with Crippen molar-refractivity contribution in [2.24, 2.45) is 0 Å². The Morgan fingerprint density at radius 1 is 1.75 bits per heavy atom. The molecule has 3 heteroatoms. The average Bonchev–Trinajstić information content (AvgIpc) is 2.05. The van der Waals surface area contributed by atoms with Gasteiger partial charge in [-0.1, -0.05) is 18.8 Å². The first-order chi connectivity index (χ1) is 5.75. The Kier molecular flexibility index (Phi) is 3.05. The Bertz CT molecular complexity index is 327. The van der Waals surface area contributed by atoms with Crippen molar-refractivity contribution in [2.45, 2.75) is 6.92 Å². The molecule has 0 radical (unpaired) electrons. The Morgan fingerprint density at radius 2 is 2.50 bits per heavy atom. The summed E-state index contributed by atoms with van der Waals surface area (Å²) in [5, 5.41) is 3.12. The number of aromatic amines is 1. The lowest BCUT2D eigenvalue weighted by atomic mass is 10.2. The lowest BCUT2D eigenvalue weighted by Crippen LogP contribution is -2.10. The number of pyridine rings is 1. The van der Waals surface area contributed by atoms with Crippen LogP contribution in [0.15, 0.2) is 24.9 Å². The minimum absolute atomic E-state index is 0.725. The fourth-order valence-electron chi connectivity index (χ4n) is 0.968. The van der Waals surface area contributed by atoms with Crippen molar-refractivity contribution in [1.29, 1.82) is 0 Å². The highest BCUT2D eigenvalue weighted by atomic mass is 32.1. The van der Waals surface area contributed by atoms with Gasteiger partial charge in [0.2, 0.25) is 0 Å². The summed E-state index contributed by atoms with van der Waals surface area (Å²) < 4.78 is 0.725. The number of aromatic nitrogens is 1. The van der Waals surface area contributed by atoms with Gasteiger partial charge in [-0.15, -0.1) is 0 Å². The van der Waals surface area contributed by atoms with Gasteiger partial charge in [0.05, 0.1) is 0 Å². The van der Waals surface area contributed by atoms with Crippen molar-refractivity contribution < 1.29 is 0 Å². The molecular formula is C9H12N2S. The SMILES string of the molecule is C=C(NCC)c1ccc[nH]c1=S. The zero-order valence-corrected chi connectivity index (χ0v) is 7.87. The van der Waals surface area contributed by atoms with Crippen LogP contribution < -0.4 is 5.32 Å². The molecule has 2 nitrogen and oxygen atoms in total. The second-order valence-electron chi connectivity index (χ2n) is 2.42. The summed E-state index contributed by atoms with van der Waals surface area (Å²) in [5.41, 5.74) is 1.84. The van der Waals surface area contributed by atoms with Crippen LogP contribution in [0.3, 0.4) is 0 Å². The molecule has 0 spiro atoms. The normalized spacial score (nSPS) is 9.42. The smallest absolute Gasteiger partial charge is 0.112 e. The Labute approximate surface area is 77.3 Å². The molecule has 0 unspecified atom stereocenters. The quantitative estimate of drug-likeness (QED) is 0.699. The van der Waals surface area contributed by atoms with Gasteiger partial charge < -0.3 is 10.3 Å². The molecule has 0 aliphatic rings. The lowest BCUT2D eigenvalue weighted by molar-refractivity contribution is 0.939. The van der Waals surface area contributed by atoms with Crippen molar-refractivity contribution in [3.8, 4) is 0 Å². The fourth-order valence-corrected chi connectivity index (χ4v) is 1.23. The molecule has 1 heterocycles. The molecule has 1 aromatic rings. The van der Waals surface area contributed by atoms with Crippen LogP contribution in [0.2, 0.25) is 0 Å². The first kappa shape index (κ1) is 9.00. The van der Waals surface area contributed by atoms with Crippen molar-refractivity contribution in [1.82, 2.24) is 10.3 Å². The zero-order valence-electron chi connectivity index (χ0n) is 7.05. The molecule has 0 saturated heterocycles. The summed E-state index contributed by atoms with van der Waals surface area (Å²) in [6, 6.07) is 3.86. The van der Waals surface area contributed by atoms with Crippen LogP contribution >= 0.6 is 12.2 Å². The zero-order chi connectivity index (χ0) is 8.97. The molecule has 0 saturated carbocycles. The maximum atomic E-state index is 5.09. The molecule has 0 bridgehead atoms. The molecule has 0 amide bonds. The maximum Gasteiger partial charge on any atom is 0.112 e. The highest BCUT2D eigenvalue weighted by Gasteiger charge is 1.97. The summed E-state index contributed by atoms with van der Waals surface area (Å²) in [6.07, 6.45) is 1.81. The molecule has 64 valence electrons. The van der Waals surface area contributed by atoms with E-state index in [1.165, 1.54) is 0 Å². The van der Waals surface area contributed by atoms with E-state index in [4.69, 9.17) is 12.2 Å². The topological polar surface area (TPSA) is 27.8 Å². The monoisotopic (exact) mass is 180 g/mol. The average molecular weight is 180 g/mol. The van der Waals surface area contributed by atoms with Crippen LogP contribution in [0.5, 0.6) is 0 Å². The van der Waals surface area contributed by atoms with Crippen molar-refractivity contribution in [2.75, 3.05) is 6.54 Å². The standard InChI is InChI=1S/C9H12N2S/c1-3-10-7(2)8-5-4-6-11-9(8)12/h4-6,10H,2-3H2,1H3,(H,11,12). The first-order valence-corrected chi connectivity index (χ1v) is 4.27. The third-order valence-electron chi connectivity index (χ3n) is 1.53. The van der Waals surface area contributed by atoms with Gasteiger partial charge in [0.25, 0.3) is 0 Å². The molecule has 2 N–H and O–H groups in total. The Balaban J connectivity index is 2.95. The van der Waals surface area contributed by atoms with E-state index >= 15 is 0 Å². The van der Waals surface area contributed by atoms with E-state index in [0.29, 0.717) is 0 Å². The molecular weight excluding hydrogens is 168 g/mol. The molecule has 0 atom stereocenters. The highest BCUT2D eigenvalue weighted by Crippen LogP contribution is 2.08. The van der Waals surface area contributed by atoms with E-state index in [0.717, 1.165) is 22.4 Å². The third-order valence-corrected chi connectivity index (χ3v) is 1.87. The lowest BCUT2D eigenvalue weighted by Gasteiger charge is -2.06. The maximum absolute atomic E-state index is 5.09. The summed E-state index contributed by atoms with van der Waals surface area (Å²) in [4.78, 5) is 2.95. The predicted molar refractivity (Wildman–Crippen MR) is 54.3 cm³/mol. The second-order valence-corrected chi connectivity index (χ2v) is 2.83. The number of nitrogens with one attached hydrogen (secondary N) is 2. The van der Waals surface area contributed by atoms with E-state index in [1.54, 1.807) is 0 Å². The molecule has 0 aliphatic carbocycles. The molecule has 1 rings (SSSR count). The highest BCUT2D eigenvalue weighted by molar-refractivity contribution is 7.71. The van der Waals surface area contributed by atoms with Gasteiger partial charge in [-0.25, -0.2) is 0 Å². The predicted octanol–water partition coefficient (Wildman–Crippen LogP) is 2.32. The van der Waals surface area contributed by atoms with Crippen LogP contribution in [0, 0.1) is 4.64 Å². The molecule has 0 fully saturated rings. The largest absolute Gasteiger partial charge is 0.385 e.